The molecule has 0 spiro atoms. The fraction of sp³-hybridized carbons (Fsp3) is 0.667. The second kappa shape index (κ2) is 7.09. The van der Waals surface area contributed by atoms with E-state index in [0.29, 0.717) is 5.92 Å². The van der Waals surface area contributed by atoms with Crippen LogP contribution in [0.5, 0.6) is 0 Å². The number of unbranched alkanes of at least 4 members (excludes halogenated alkanes) is 2. The number of aliphatic hydroxyl groups is 1. The SMILES string of the molecule is CCCCCC(O)C(C)(C)c1ccc(C(C)C)cc1. The number of aliphatic hydroxyl groups excluding tert-OH is 1. The fourth-order valence-corrected chi connectivity index (χ4v) is 2.44. The van der Waals surface area contributed by atoms with E-state index in [-0.39, 0.29) is 11.5 Å². The molecule has 1 rings (SSSR count). The summed E-state index contributed by atoms with van der Waals surface area (Å²) in [5.41, 5.74) is 2.43. The second-order valence-electron chi connectivity index (χ2n) is 6.51. The molecule has 1 nitrogen and oxygen atoms in total. The minimum Gasteiger partial charge on any atom is -0.392 e. The molecule has 0 saturated carbocycles. The zero-order chi connectivity index (χ0) is 14.5. The molecule has 108 valence electrons. The molecule has 1 aromatic carbocycles. The Balaban J connectivity index is 2.75. The summed E-state index contributed by atoms with van der Waals surface area (Å²) in [6, 6.07) is 8.75. The van der Waals surface area contributed by atoms with Gasteiger partial charge in [-0.05, 0) is 23.5 Å². The Morgan fingerprint density at radius 2 is 1.63 bits per heavy atom. The Morgan fingerprint density at radius 1 is 1.05 bits per heavy atom. The minimum absolute atomic E-state index is 0.163. The minimum atomic E-state index is -0.260. The van der Waals surface area contributed by atoms with Gasteiger partial charge in [0.15, 0.2) is 0 Å². The summed E-state index contributed by atoms with van der Waals surface area (Å²) in [7, 11) is 0. The van der Waals surface area contributed by atoms with Crippen molar-refractivity contribution in [2.24, 2.45) is 0 Å². The van der Waals surface area contributed by atoms with Crippen LogP contribution in [0.4, 0.5) is 0 Å². The predicted molar refractivity (Wildman–Crippen MR) is 83.7 cm³/mol. The van der Waals surface area contributed by atoms with Gasteiger partial charge >= 0.3 is 0 Å². The number of rotatable bonds is 7. The Bertz CT molecular complexity index is 362. The zero-order valence-electron chi connectivity index (χ0n) is 13.2. The van der Waals surface area contributed by atoms with Gasteiger partial charge in [-0.25, -0.2) is 0 Å². The molecule has 1 atom stereocenters. The van der Waals surface area contributed by atoms with Crippen LogP contribution in [-0.4, -0.2) is 11.2 Å². The molecule has 0 saturated heterocycles. The molecule has 1 N–H and O–H groups in total. The summed E-state index contributed by atoms with van der Waals surface area (Å²) in [6.07, 6.45) is 4.16. The molecule has 19 heavy (non-hydrogen) atoms. The van der Waals surface area contributed by atoms with Crippen molar-refractivity contribution in [2.45, 2.75) is 77.7 Å². The summed E-state index contributed by atoms with van der Waals surface area (Å²) in [4.78, 5) is 0. The van der Waals surface area contributed by atoms with E-state index >= 15 is 0 Å². The van der Waals surface area contributed by atoms with E-state index in [2.05, 4.69) is 58.9 Å². The summed E-state index contributed by atoms with van der Waals surface area (Å²) < 4.78 is 0. The van der Waals surface area contributed by atoms with Crippen LogP contribution in [0.2, 0.25) is 0 Å². The van der Waals surface area contributed by atoms with Crippen LogP contribution in [0, 0.1) is 0 Å². The fourth-order valence-electron chi connectivity index (χ4n) is 2.44. The van der Waals surface area contributed by atoms with Gasteiger partial charge < -0.3 is 5.11 Å². The van der Waals surface area contributed by atoms with Crippen molar-refractivity contribution in [2.75, 3.05) is 0 Å². The highest BCUT2D eigenvalue weighted by molar-refractivity contribution is 5.30. The second-order valence-corrected chi connectivity index (χ2v) is 6.51. The molecule has 0 aliphatic carbocycles. The Morgan fingerprint density at radius 3 is 2.11 bits per heavy atom. The lowest BCUT2D eigenvalue weighted by atomic mass is 9.77. The molecule has 0 radical (unpaired) electrons. The first-order valence-corrected chi connectivity index (χ1v) is 7.68. The number of hydrogen-bond acceptors (Lipinski definition) is 1. The van der Waals surface area contributed by atoms with E-state index < -0.39 is 0 Å². The van der Waals surface area contributed by atoms with Crippen molar-refractivity contribution in [3.8, 4) is 0 Å². The van der Waals surface area contributed by atoms with Crippen LogP contribution in [0.3, 0.4) is 0 Å². The van der Waals surface area contributed by atoms with Gasteiger partial charge in [0.2, 0.25) is 0 Å². The summed E-state index contributed by atoms with van der Waals surface area (Å²) in [6.45, 7) is 10.9. The lowest BCUT2D eigenvalue weighted by molar-refractivity contribution is 0.0886. The van der Waals surface area contributed by atoms with Crippen LogP contribution in [0.15, 0.2) is 24.3 Å². The first kappa shape index (κ1) is 16.2. The van der Waals surface area contributed by atoms with Crippen molar-refractivity contribution in [3.63, 3.8) is 0 Å². The quantitative estimate of drug-likeness (QED) is 0.683. The topological polar surface area (TPSA) is 20.2 Å². The van der Waals surface area contributed by atoms with Crippen molar-refractivity contribution in [1.29, 1.82) is 0 Å². The zero-order valence-corrected chi connectivity index (χ0v) is 13.2. The van der Waals surface area contributed by atoms with Crippen molar-refractivity contribution in [1.82, 2.24) is 0 Å². The molecule has 0 amide bonds. The normalized spacial score (nSPS) is 13.8. The maximum Gasteiger partial charge on any atom is 0.0631 e. The van der Waals surface area contributed by atoms with Crippen molar-refractivity contribution >= 4 is 0 Å². The van der Waals surface area contributed by atoms with Gasteiger partial charge in [0.25, 0.3) is 0 Å². The van der Waals surface area contributed by atoms with Gasteiger partial charge in [0.1, 0.15) is 0 Å². The van der Waals surface area contributed by atoms with Crippen LogP contribution < -0.4 is 0 Å². The van der Waals surface area contributed by atoms with Crippen molar-refractivity contribution in [3.05, 3.63) is 35.4 Å². The first-order chi connectivity index (χ1) is 8.89. The standard InChI is InChI=1S/C18H30O/c1-6-7-8-9-17(19)18(4,5)16-12-10-15(11-13-16)14(2)3/h10-14,17,19H,6-9H2,1-5H3. The average Bonchev–Trinajstić information content (AvgIpc) is 2.39. The predicted octanol–water partition coefficient (Wildman–Crippen LogP) is 5.03. The van der Waals surface area contributed by atoms with Gasteiger partial charge in [0, 0.05) is 5.41 Å². The molecule has 0 bridgehead atoms. The van der Waals surface area contributed by atoms with Crippen LogP contribution in [0.25, 0.3) is 0 Å². The van der Waals surface area contributed by atoms with E-state index in [0.717, 1.165) is 12.8 Å². The van der Waals surface area contributed by atoms with Crippen LogP contribution >= 0.6 is 0 Å². The largest absolute Gasteiger partial charge is 0.392 e. The third kappa shape index (κ3) is 4.35. The lowest BCUT2D eigenvalue weighted by Gasteiger charge is -2.31. The van der Waals surface area contributed by atoms with Gasteiger partial charge in [-0.3, -0.25) is 0 Å². The molecule has 1 heteroatoms. The van der Waals surface area contributed by atoms with Crippen LogP contribution in [0.1, 0.15) is 77.3 Å². The third-order valence-electron chi connectivity index (χ3n) is 4.24. The van der Waals surface area contributed by atoms with E-state index in [1.54, 1.807) is 0 Å². The third-order valence-corrected chi connectivity index (χ3v) is 4.24. The van der Waals surface area contributed by atoms with E-state index in [9.17, 15) is 5.11 Å². The van der Waals surface area contributed by atoms with E-state index in [4.69, 9.17) is 0 Å². The van der Waals surface area contributed by atoms with Crippen molar-refractivity contribution < 1.29 is 5.11 Å². The number of benzene rings is 1. The Labute approximate surface area is 119 Å². The molecule has 0 aromatic heterocycles. The molecule has 1 unspecified atom stereocenters. The molecule has 0 heterocycles. The highest BCUT2D eigenvalue weighted by Gasteiger charge is 2.29. The first-order valence-electron chi connectivity index (χ1n) is 7.68. The number of hydrogen-bond donors (Lipinski definition) is 1. The summed E-state index contributed by atoms with van der Waals surface area (Å²) in [5.74, 6) is 0.562. The van der Waals surface area contributed by atoms with Gasteiger partial charge in [-0.1, -0.05) is 78.1 Å². The molecule has 0 aliphatic heterocycles. The molecular formula is C18H30O. The van der Waals surface area contributed by atoms with Crippen LogP contribution in [-0.2, 0) is 5.41 Å². The Kier molecular flexibility index (Phi) is 6.06. The molecular weight excluding hydrogens is 232 g/mol. The molecule has 0 aliphatic rings. The van der Waals surface area contributed by atoms with Gasteiger partial charge in [-0.15, -0.1) is 0 Å². The van der Waals surface area contributed by atoms with E-state index in [1.165, 1.54) is 24.0 Å². The Hall–Kier alpha value is -0.820. The van der Waals surface area contributed by atoms with E-state index in [1.807, 2.05) is 0 Å². The highest BCUT2D eigenvalue weighted by Crippen LogP contribution is 2.31. The van der Waals surface area contributed by atoms with Gasteiger partial charge in [-0.2, -0.15) is 0 Å². The molecule has 0 fully saturated rings. The monoisotopic (exact) mass is 262 g/mol. The maximum atomic E-state index is 10.4. The molecule has 1 aromatic rings. The summed E-state index contributed by atoms with van der Waals surface area (Å²) >= 11 is 0. The smallest absolute Gasteiger partial charge is 0.0631 e. The summed E-state index contributed by atoms with van der Waals surface area (Å²) in [5, 5.41) is 10.4. The highest BCUT2D eigenvalue weighted by atomic mass is 16.3. The maximum absolute atomic E-state index is 10.4. The van der Waals surface area contributed by atoms with Gasteiger partial charge in [0.05, 0.1) is 6.10 Å². The average molecular weight is 262 g/mol. The lowest BCUT2D eigenvalue weighted by Crippen LogP contribution is -2.33.